The Kier molecular flexibility index (Phi) is 2.86. The van der Waals surface area contributed by atoms with Crippen molar-refractivity contribution in [1.29, 1.82) is 0 Å². The molecule has 12 heavy (non-hydrogen) atoms. The van der Waals surface area contributed by atoms with Crippen LogP contribution in [0.15, 0.2) is 18.2 Å². The number of benzene rings is 1. The van der Waals surface area contributed by atoms with E-state index in [2.05, 4.69) is 13.1 Å². The molecule has 1 aromatic carbocycles. The monoisotopic (exact) mass is 183 g/mol. The maximum atomic E-state index is 13.1. The zero-order chi connectivity index (χ0) is 9.14. The van der Waals surface area contributed by atoms with Crippen LogP contribution in [-0.4, -0.2) is 15.9 Å². The summed E-state index contributed by atoms with van der Waals surface area (Å²) in [5, 5.41) is 1.10. The highest BCUT2D eigenvalue weighted by Gasteiger charge is 2.06. The Balaban J connectivity index is 3.02. The minimum atomic E-state index is -0.554. The molecular weight excluding hydrogens is 171 g/mol. The van der Waals surface area contributed by atoms with Crippen LogP contribution in [-0.2, 0) is 0 Å². The van der Waals surface area contributed by atoms with Crippen molar-refractivity contribution < 1.29 is 9.13 Å². The lowest BCUT2D eigenvalue weighted by molar-refractivity contribution is 0.387. The number of halogens is 1. The van der Waals surface area contributed by atoms with Crippen molar-refractivity contribution in [1.82, 2.24) is 0 Å². The fourth-order valence-corrected chi connectivity index (χ4v) is 1.81. The van der Waals surface area contributed by atoms with Crippen LogP contribution in [0.25, 0.3) is 0 Å². The highest BCUT2D eigenvalue weighted by molar-refractivity contribution is 6.70. The van der Waals surface area contributed by atoms with Gasteiger partial charge in [-0.15, -0.1) is 0 Å². The molecule has 0 unspecified atom stereocenters. The van der Waals surface area contributed by atoms with Gasteiger partial charge in [-0.1, -0.05) is 24.3 Å². The standard InChI is InChI=1S/C9H12FOSi/c1-11-9-5-4-7(12(2)3)6-8(9)10/h4-6H,1-3H3. The summed E-state index contributed by atoms with van der Waals surface area (Å²) in [6, 6.07) is 5.17. The molecule has 1 radical (unpaired) electrons. The molecule has 3 heteroatoms. The van der Waals surface area contributed by atoms with E-state index < -0.39 is 8.80 Å². The minimum Gasteiger partial charge on any atom is -0.494 e. The quantitative estimate of drug-likeness (QED) is 0.635. The predicted molar refractivity (Wildman–Crippen MR) is 50.1 cm³/mol. The Morgan fingerprint density at radius 2 is 2.00 bits per heavy atom. The first kappa shape index (κ1) is 9.26. The molecule has 0 heterocycles. The van der Waals surface area contributed by atoms with Crippen molar-refractivity contribution in [3.05, 3.63) is 24.0 Å². The van der Waals surface area contributed by atoms with Gasteiger partial charge < -0.3 is 4.74 Å². The third-order valence-corrected chi connectivity index (χ3v) is 3.19. The first-order valence-corrected chi connectivity index (χ1v) is 6.29. The summed E-state index contributed by atoms with van der Waals surface area (Å²) in [5.41, 5.74) is 0. The van der Waals surface area contributed by atoms with Crippen molar-refractivity contribution in [3.8, 4) is 5.75 Å². The fraction of sp³-hybridized carbons (Fsp3) is 0.333. The summed E-state index contributed by atoms with van der Waals surface area (Å²) >= 11 is 0. The van der Waals surface area contributed by atoms with E-state index in [9.17, 15) is 4.39 Å². The second-order valence-corrected chi connectivity index (χ2v) is 5.43. The molecule has 0 aliphatic carbocycles. The van der Waals surface area contributed by atoms with Crippen molar-refractivity contribution in [2.75, 3.05) is 7.11 Å². The lowest BCUT2D eigenvalue weighted by Crippen LogP contribution is -2.22. The Labute approximate surface area is 73.8 Å². The second-order valence-electron chi connectivity index (χ2n) is 2.85. The molecule has 1 rings (SSSR count). The Bertz CT molecular complexity index is 273. The third-order valence-electron chi connectivity index (χ3n) is 1.73. The lowest BCUT2D eigenvalue weighted by atomic mass is 10.3. The number of methoxy groups -OCH3 is 1. The maximum Gasteiger partial charge on any atom is 0.164 e. The van der Waals surface area contributed by atoms with E-state index in [1.54, 1.807) is 12.1 Å². The lowest BCUT2D eigenvalue weighted by Gasteiger charge is -2.06. The maximum absolute atomic E-state index is 13.1. The Morgan fingerprint density at radius 1 is 1.33 bits per heavy atom. The molecule has 0 saturated carbocycles. The van der Waals surface area contributed by atoms with Gasteiger partial charge in [-0.05, 0) is 12.1 Å². The van der Waals surface area contributed by atoms with Crippen LogP contribution in [0.1, 0.15) is 0 Å². The third kappa shape index (κ3) is 1.85. The molecule has 1 nitrogen and oxygen atoms in total. The van der Waals surface area contributed by atoms with Gasteiger partial charge in [0.25, 0.3) is 0 Å². The van der Waals surface area contributed by atoms with Gasteiger partial charge in [-0.3, -0.25) is 0 Å². The minimum absolute atomic E-state index is 0.263. The fourth-order valence-electron chi connectivity index (χ4n) is 0.977. The molecule has 0 fully saturated rings. The highest BCUT2D eigenvalue weighted by Crippen LogP contribution is 2.13. The van der Waals surface area contributed by atoms with Crippen molar-refractivity contribution >= 4 is 14.0 Å². The topological polar surface area (TPSA) is 9.23 Å². The molecule has 0 aliphatic heterocycles. The van der Waals surface area contributed by atoms with Gasteiger partial charge in [0.05, 0.1) is 15.9 Å². The van der Waals surface area contributed by atoms with E-state index in [1.165, 1.54) is 7.11 Å². The van der Waals surface area contributed by atoms with Crippen LogP contribution < -0.4 is 9.92 Å². The van der Waals surface area contributed by atoms with Crippen molar-refractivity contribution in [3.63, 3.8) is 0 Å². The largest absolute Gasteiger partial charge is 0.494 e. The van der Waals surface area contributed by atoms with Crippen molar-refractivity contribution in [2.24, 2.45) is 0 Å². The first-order valence-electron chi connectivity index (χ1n) is 3.79. The van der Waals surface area contributed by atoms with Crippen LogP contribution in [0.3, 0.4) is 0 Å². The first-order chi connectivity index (χ1) is 5.65. The van der Waals surface area contributed by atoms with E-state index in [1.807, 2.05) is 6.07 Å². The number of rotatable bonds is 2. The number of hydrogen-bond donors (Lipinski definition) is 0. The molecule has 0 spiro atoms. The van der Waals surface area contributed by atoms with E-state index in [0.29, 0.717) is 5.75 Å². The van der Waals surface area contributed by atoms with Crippen LogP contribution >= 0.6 is 0 Å². The molecule has 65 valence electrons. The number of hydrogen-bond acceptors (Lipinski definition) is 1. The summed E-state index contributed by atoms with van der Waals surface area (Å²) < 4.78 is 17.9. The number of ether oxygens (including phenoxy) is 1. The van der Waals surface area contributed by atoms with E-state index in [-0.39, 0.29) is 5.82 Å². The molecule has 1 aromatic rings. The summed E-state index contributed by atoms with van der Waals surface area (Å²) in [6.07, 6.45) is 0. The summed E-state index contributed by atoms with van der Waals surface area (Å²) in [7, 11) is 0.920. The van der Waals surface area contributed by atoms with Gasteiger partial charge >= 0.3 is 0 Å². The molecular formula is C9H12FOSi. The summed E-state index contributed by atoms with van der Waals surface area (Å²) in [6.45, 7) is 4.26. The molecule has 0 bridgehead atoms. The molecule has 0 N–H and O–H groups in total. The van der Waals surface area contributed by atoms with Gasteiger partial charge in [0.2, 0.25) is 0 Å². The molecule has 0 aromatic heterocycles. The summed E-state index contributed by atoms with van der Waals surface area (Å²) in [5.74, 6) is 0.0585. The SMILES string of the molecule is COc1ccc([Si](C)C)cc1F. The van der Waals surface area contributed by atoms with Crippen LogP contribution in [0.5, 0.6) is 5.75 Å². The average Bonchev–Trinajstić information content (AvgIpc) is 2.04. The molecule has 0 atom stereocenters. The smallest absolute Gasteiger partial charge is 0.164 e. The van der Waals surface area contributed by atoms with Crippen molar-refractivity contribution in [2.45, 2.75) is 13.1 Å². The molecule has 0 aliphatic rings. The van der Waals surface area contributed by atoms with Gasteiger partial charge in [-0.2, -0.15) is 0 Å². The predicted octanol–water partition coefficient (Wildman–Crippen LogP) is 1.80. The molecule has 0 amide bonds. The average molecular weight is 183 g/mol. The molecule has 0 saturated heterocycles. The van der Waals surface area contributed by atoms with E-state index >= 15 is 0 Å². The van der Waals surface area contributed by atoms with Gasteiger partial charge in [0.1, 0.15) is 0 Å². The zero-order valence-electron chi connectivity index (χ0n) is 7.52. The Morgan fingerprint density at radius 3 is 2.42 bits per heavy atom. The van der Waals surface area contributed by atoms with Gasteiger partial charge in [-0.25, -0.2) is 4.39 Å². The van der Waals surface area contributed by atoms with Crippen LogP contribution in [0, 0.1) is 5.82 Å². The van der Waals surface area contributed by atoms with E-state index in [4.69, 9.17) is 4.74 Å². The normalized spacial score (nSPS) is 10.4. The van der Waals surface area contributed by atoms with Crippen LogP contribution in [0.4, 0.5) is 4.39 Å². The van der Waals surface area contributed by atoms with Crippen LogP contribution in [0.2, 0.25) is 13.1 Å². The summed E-state index contributed by atoms with van der Waals surface area (Å²) in [4.78, 5) is 0. The van der Waals surface area contributed by atoms with E-state index in [0.717, 1.165) is 5.19 Å². The van der Waals surface area contributed by atoms with Gasteiger partial charge in [0.15, 0.2) is 11.6 Å². The Hall–Kier alpha value is -0.833. The van der Waals surface area contributed by atoms with Gasteiger partial charge in [0, 0.05) is 0 Å². The second kappa shape index (κ2) is 3.71. The zero-order valence-corrected chi connectivity index (χ0v) is 8.52. The highest BCUT2D eigenvalue weighted by atomic mass is 28.3.